The van der Waals surface area contributed by atoms with Crippen molar-refractivity contribution >= 4 is 22.8 Å². The smallest absolute Gasteiger partial charge is 0.242 e. The lowest BCUT2D eigenvalue weighted by Crippen LogP contribution is -2.44. The molecular weight excluding hydrogens is 334 g/mol. The van der Waals surface area contributed by atoms with E-state index in [-0.39, 0.29) is 12.5 Å². The first kappa shape index (κ1) is 16.5. The van der Waals surface area contributed by atoms with Gasteiger partial charge in [0.05, 0.1) is 24.4 Å². The molecule has 1 saturated heterocycles. The number of amides is 1. The maximum absolute atomic E-state index is 12.2. The topological polar surface area (TPSA) is 92.3 Å². The van der Waals surface area contributed by atoms with E-state index in [2.05, 4.69) is 37.2 Å². The van der Waals surface area contributed by atoms with Crippen LogP contribution in [0.1, 0.15) is 5.76 Å². The summed E-state index contributed by atoms with van der Waals surface area (Å²) in [5, 5.41) is 8.03. The second-order valence-corrected chi connectivity index (χ2v) is 6.38. The van der Waals surface area contributed by atoms with Gasteiger partial charge in [0.15, 0.2) is 5.65 Å². The Balaban J connectivity index is 1.48. The highest BCUT2D eigenvalue weighted by molar-refractivity contribution is 5.87. The minimum absolute atomic E-state index is 0.101. The van der Waals surface area contributed by atoms with E-state index in [1.807, 2.05) is 6.07 Å². The number of hydrogen-bond acceptors (Lipinski definition) is 7. The average Bonchev–Trinajstić information content (AvgIpc) is 3.31. The van der Waals surface area contributed by atoms with E-state index < -0.39 is 0 Å². The molecular formula is C17H21N7O2. The summed E-state index contributed by atoms with van der Waals surface area (Å²) in [6.45, 7) is 4.27. The maximum atomic E-state index is 12.2. The Morgan fingerprint density at radius 1 is 1.27 bits per heavy atom. The fourth-order valence-electron chi connectivity index (χ4n) is 3.06. The molecule has 0 aliphatic carbocycles. The summed E-state index contributed by atoms with van der Waals surface area (Å²) in [5.74, 6) is 1.44. The predicted molar refractivity (Wildman–Crippen MR) is 95.6 cm³/mol. The second-order valence-electron chi connectivity index (χ2n) is 6.38. The zero-order chi connectivity index (χ0) is 17.9. The highest BCUT2D eigenvalue weighted by Crippen LogP contribution is 2.23. The molecule has 26 heavy (non-hydrogen) atoms. The molecule has 0 atom stereocenters. The van der Waals surface area contributed by atoms with Crippen molar-refractivity contribution in [2.45, 2.75) is 13.1 Å². The lowest BCUT2D eigenvalue weighted by atomic mass is 10.3. The molecule has 1 fully saturated rings. The number of rotatable bonds is 5. The summed E-state index contributed by atoms with van der Waals surface area (Å²) in [4.78, 5) is 25.5. The van der Waals surface area contributed by atoms with Gasteiger partial charge in [0.25, 0.3) is 0 Å². The Hall–Kier alpha value is -2.94. The fourth-order valence-corrected chi connectivity index (χ4v) is 3.06. The number of anilines is 1. The molecule has 136 valence electrons. The maximum Gasteiger partial charge on any atom is 0.242 e. The van der Waals surface area contributed by atoms with Crippen molar-refractivity contribution in [2.24, 2.45) is 0 Å². The molecule has 0 bridgehead atoms. The normalized spacial score (nSPS) is 15.5. The molecule has 0 spiro atoms. The SMILES string of the molecule is CN1CCN(c2ncnc3c2cnn3CC(=O)NCc2ccco2)CC1. The molecule has 4 rings (SSSR count). The summed E-state index contributed by atoms with van der Waals surface area (Å²) in [6.07, 6.45) is 4.86. The van der Waals surface area contributed by atoms with Gasteiger partial charge in [0.2, 0.25) is 5.91 Å². The lowest BCUT2D eigenvalue weighted by Gasteiger charge is -2.33. The molecule has 9 heteroatoms. The molecule has 0 unspecified atom stereocenters. The number of nitrogens with one attached hydrogen (secondary N) is 1. The van der Waals surface area contributed by atoms with Gasteiger partial charge < -0.3 is 19.5 Å². The van der Waals surface area contributed by atoms with Crippen LogP contribution in [0.3, 0.4) is 0 Å². The number of carbonyl (C=O) groups is 1. The van der Waals surface area contributed by atoms with Crippen LogP contribution in [0.15, 0.2) is 35.3 Å². The Bertz CT molecular complexity index is 882. The fraction of sp³-hybridized carbons (Fsp3) is 0.412. The number of carbonyl (C=O) groups excluding carboxylic acids is 1. The van der Waals surface area contributed by atoms with E-state index in [1.165, 1.54) is 6.33 Å². The van der Waals surface area contributed by atoms with Crippen LogP contribution in [0.4, 0.5) is 5.82 Å². The Morgan fingerprint density at radius 3 is 2.88 bits per heavy atom. The van der Waals surface area contributed by atoms with Gasteiger partial charge in [-0.25, -0.2) is 14.6 Å². The van der Waals surface area contributed by atoms with Crippen molar-refractivity contribution < 1.29 is 9.21 Å². The highest BCUT2D eigenvalue weighted by atomic mass is 16.3. The van der Waals surface area contributed by atoms with Crippen LogP contribution >= 0.6 is 0 Å². The van der Waals surface area contributed by atoms with Crippen LogP contribution < -0.4 is 10.2 Å². The summed E-state index contributed by atoms with van der Waals surface area (Å²) < 4.78 is 6.82. The molecule has 1 aliphatic heterocycles. The van der Waals surface area contributed by atoms with Crippen LogP contribution in [0.2, 0.25) is 0 Å². The zero-order valence-electron chi connectivity index (χ0n) is 14.6. The van der Waals surface area contributed by atoms with E-state index in [0.717, 1.165) is 37.4 Å². The summed E-state index contributed by atoms with van der Waals surface area (Å²) >= 11 is 0. The number of piperazine rings is 1. The van der Waals surface area contributed by atoms with E-state index >= 15 is 0 Å². The van der Waals surface area contributed by atoms with Gasteiger partial charge in [-0.1, -0.05) is 0 Å². The number of furan rings is 1. The molecule has 4 heterocycles. The zero-order valence-corrected chi connectivity index (χ0v) is 14.6. The third-order valence-corrected chi connectivity index (χ3v) is 4.55. The molecule has 0 radical (unpaired) electrons. The minimum Gasteiger partial charge on any atom is -0.467 e. The third-order valence-electron chi connectivity index (χ3n) is 4.55. The molecule has 1 amide bonds. The molecule has 0 saturated carbocycles. The average molecular weight is 355 g/mol. The van der Waals surface area contributed by atoms with E-state index in [0.29, 0.717) is 18.0 Å². The van der Waals surface area contributed by atoms with Crippen molar-refractivity contribution in [1.29, 1.82) is 0 Å². The summed E-state index contributed by atoms with van der Waals surface area (Å²) in [5.41, 5.74) is 0.669. The minimum atomic E-state index is -0.147. The standard InChI is InChI=1S/C17H21N7O2/c1-22-4-6-23(7-5-22)16-14-10-21-24(17(14)20-12-19-16)11-15(25)18-9-13-3-2-8-26-13/h2-3,8,10,12H,4-7,9,11H2,1H3,(H,18,25). The van der Waals surface area contributed by atoms with Crippen molar-refractivity contribution in [3.05, 3.63) is 36.7 Å². The van der Waals surface area contributed by atoms with Gasteiger partial charge in [-0.15, -0.1) is 0 Å². The largest absolute Gasteiger partial charge is 0.467 e. The van der Waals surface area contributed by atoms with Gasteiger partial charge >= 0.3 is 0 Å². The molecule has 1 aliphatic rings. The second kappa shape index (κ2) is 7.12. The van der Waals surface area contributed by atoms with Gasteiger partial charge in [-0.2, -0.15) is 5.10 Å². The van der Waals surface area contributed by atoms with Crippen LogP contribution in [-0.2, 0) is 17.9 Å². The van der Waals surface area contributed by atoms with Crippen LogP contribution in [0.5, 0.6) is 0 Å². The first-order chi connectivity index (χ1) is 12.7. The van der Waals surface area contributed by atoms with Crippen LogP contribution in [0, 0.1) is 0 Å². The van der Waals surface area contributed by atoms with Gasteiger partial charge in [-0.3, -0.25) is 4.79 Å². The van der Waals surface area contributed by atoms with Crippen molar-refractivity contribution in [3.8, 4) is 0 Å². The monoisotopic (exact) mass is 355 g/mol. The number of fused-ring (bicyclic) bond motifs is 1. The van der Waals surface area contributed by atoms with E-state index in [1.54, 1.807) is 23.2 Å². The van der Waals surface area contributed by atoms with Crippen molar-refractivity contribution in [1.82, 2.24) is 30.0 Å². The molecule has 0 aromatic carbocycles. The number of hydrogen-bond donors (Lipinski definition) is 1. The molecule has 1 N–H and O–H groups in total. The third kappa shape index (κ3) is 3.38. The number of aromatic nitrogens is 4. The Morgan fingerprint density at radius 2 is 2.12 bits per heavy atom. The quantitative estimate of drug-likeness (QED) is 0.712. The van der Waals surface area contributed by atoms with Crippen molar-refractivity contribution in [2.75, 3.05) is 38.1 Å². The summed E-state index contributed by atoms with van der Waals surface area (Å²) in [6, 6.07) is 3.61. The molecule has 3 aromatic rings. The molecule has 9 nitrogen and oxygen atoms in total. The summed E-state index contributed by atoms with van der Waals surface area (Å²) in [7, 11) is 2.12. The number of likely N-dealkylation sites (N-methyl/N-ethyl adjacent to an activating group) is 1. The first-order valence-corrected chi connectivity index (χ1v) is 8.60. The van der Waals surface area contributed by atoms with Gasteiger partial charge in [-0.05, 0) is 19.2 Å². The van der Waals surface area contributed by atoms with E-state index in [9.17, 15) is 4.79 Å². The Kier molecular flexibility index (Phi) is 4.53. The van der Waals surface area contributed by atoms with Gasteiger partial charge in [0.1, 0.15) is 24.5 Å². The van der Waals surface area contributed by atoms with Gasteiger partial charge in [0, 0.05) is 26.2 Å². The Labute approximate surface area is 150 Å². The van der Waals surface area contributed by atoms with Crippen LogP contribution in [0.25, 0.3) is 11.0 Å². The molecule has 3 aromatic heterocycles. The highest BCUT2D eigenvalue weighted by Gasteiger charge is 2.20. The van der Waals surface area contributed by atoms with Crippen molar-refractivity contribution in [3.63, 3.8) is 0 Å². The van der Waals surface area contributed by atoms with Crippen LogP contribution in [-0.4, -0.2) is 63.8 Å². The number of nitrogens with zero attached hydrogens (tertiary/aromatic N) is 6. The predicted octanol–water partition coefficient (Wildman–Crippen LogP) is 0.487. The first-order valence-electron chi connectivity index (χ1n) is 8.60. The lowest BCUT2D eigenvalue weighted by molar-refractivity contribution is -0.122. The van der Waals surface area contributed by atoms with E-state index in [4.69, 9.17) is 4.42 Å².